The first-order chi connectivity index (χ1) is 20.7. The quantitative estimate of drug-likeness (QED) is 0.222. The lowest BCUT2D eigenvalue weighted by Gasteiger charge is -2.32. The zero-order valence-electron chi connectivity index (χ0n) is 24.4. The molecule has 1 N–H and O–H groups in total. The Kier molecular flexibility index (Phi) is 9.11. The third-order valence-electron chi connectivity index (χ3n) is 8.00. The summed E-state index contributed by atoms with van der Waals surface area (Å²) in [6.45, 7) is 3.86. The van der Waals surface area contributed by atoms with Crippen molar-refractivity contribution in [3.8, 4) is 0 Å². The van der Waals surface area contributed by atoms with Gasteiger partial charge in [-0.2, -0.15) is 0 Å². The molecule has 0 fully saturated rings. The van der Waals surface area contributed by atoms with Gasteiger partial charge in [0, 0.05) is 42.9 Å². The van der Waals surface area contributed by atoms with Crippen LogP contribution in [0.2, 0.25) is 0 Å². The molecule has 0 spiro atoms. The number of hydrogen-bond donors (Lipinski definition) is 1. The molecule has 0 unspecified atom stereocenters. The smallest absolute Gasteiger partial charge is 0.265 e. The molecular formula is C34H36FN3O4S. The second-order valence-corrected chi connectivity index (χ2v) is 12.8. The van der Waals surface area contributed by atoms with Gasteiger partial charge in [-0.3, -0.25) is 13.9 Å². The Morgan fingerprint density at radius 3 is 2.35 bits per heavy atom. The summed E-state index contributed by atoms with van der Waals surface area (Å²) >= 11 is 0. The van der Waals surface area contributed by atoms with Crippen LogP contribution in [0.4, 0.5) is 10.1 Å². The Bertz CT molecular complexity index is 1720. The van der Waals surface area contributed by atoms with Crippen LogP contribution in [0.3, 0.4) is 0 Å². The molecule has 1 heterocycles. The molecule has 0 aliphatic carbocycles. The normalized spacial score (nSPS) is 14.8. The Labute approximate surface area is 252 Å². The molecule has 43 heavy (non-hydrogen) atoms. The van der Waals surface area contributed by atoms with Crippen molar-refractivity contribution >= 4 is 38.3 Å². The molecule has 0 saturated heterocycles. The number of hydrogen-bond acceptors (Lipinski definition) is 4. The van der Waals surface area contributed by atoms with Gasteiger partial charge in [0.15, 0.2) is 0 Å². The Morgan fingerprint density at radius 2 is 1.63 bits per heavy atom. The van der Waals surface area contributed by atoms with Gasteiger partial charge in [-0.15, -0.1) is 0 Å². The molecule has 5 rings (SSSR count). The highest BCUT2D eigenvalue weighted by molar-refractivity contribution is 7.93. The summed E-state index contributed by atoms with van der Waals surface area (Å²) in [5, 5.41) is 4.52. The van der Waals surface area contributed by atoms with Gasteiger partial charge in [-0.05, 0) is 48.9 Å². The molecule has 0 bridgehead atoms. The van der Waals surface area contributed by atoms with E-state index < -0.39 is 21.9 Å². The molecule has 4 aromatic carbocycles. The minimum absolute atomic E-state index is 0.0192. The predicted molar refractivity (Wildman–Crippen MR) is 166 cm³/mol. The summed E-state index contributed by atoms with van der Waals surface area (Å²) in [6, 6.07) is 25.3. The number of nitrogens with one attached hydrogen (secondary N) is 1. The van der Waals surface area contributed by atoms with Crippen LogP contribution in [0.25, 0.3) is 10.8 Å². The molecule has 4 aromatic rings. The van der Waals surface area contributed by atoms with Crippen LogP contribution in [0.1, 0.15) is 44.2 Å². The van der Waals surface area contributed by atoms with Crippen LogP contribution in [0.5, 0.6) is 0 Å². The third-order valence-corrected chi connectivity index (χ3v) is 9.86. The van der Waals surface area contributed by atoms with E-state index in [4.69, 9.17) is 0 Å². The molecule has 0 saturated carbocycles. The van der Waals surface area contributed by atoms with Gasteiger partial charge < -0.3 is 10.2 Å². The highest BCUT2D eigenvalue weighted by Gasteiger charge is 2.36. The molecule has 7 nitrogen and oxygen atoms in total. The van der Waals surface area contributed by atoms with Crippen LogP contribution in [-0.4, -0.2) is 43.8 Å². The van der Waals surface area contributed by atoms with Crippen molar-refractivity contribution in [2.75, 3.05) is 10.8 Å². The minimum Gasteiger partial charge on any atom is -0.352 e. The van der Waals surface area contributed by atoms with E-state index in [1.807, 2.05) is 62.4 Å². The highest BCUT2D eigenvalue weighted by atomic mass is 32.2. The number of benzene rings is 4. The Balaban J connectivity index is 1.41. The van der Waals surface area contributed by atoms with E-state index in [-0.39, 0.29) is 55.1 Å². The summed E-state index contributed by atoms with van der Waals surface area (Å²) in [4.78, 5) is 29.3. The monoisotopic (exact) mass is 601 g/mol. The van der Waals surface area contributed by atoms with Gasteiger partial charge in [0.2, 0.25) is 11.8 Å². The van der Waals surface area contributed by atoms with E-state index in [1.165, 1.54) is 15.3 Å². The number of carbonyl (C=O) groups is 2. The highest BCUT2D eigenvalue weighted by Crippen LogP contribution is 2.42. The fraction of sp³-hybridized carbons (Fsp3) is 0.294. The topological polar surface area (TPSA) is 86.8 Å². The predicted octanol–water partition coefficient (Wildman–Crippen LogP) is 5.82. The SMILES string of the molecule is CC[C@H](C)NC(=O)[C@H](Cc1ccccc1)N(Cc1ccccc1F)C(=O)CCCN1c2cccc3cccc(c23)S1(=O)=O. The van der Waals surface area contributed by atoms with E-state index in [0.29, 0.717) is 23.1 Å². The van der Waals surface area contributed by atoms with Gasteiger partial charge in [0.05, 0.1) is 10.6 Å². The molecule has 9 heteroatoms. The van der Waals surface area contributed by atoms with Gasteiger partial charge in [0.1, 0.15) is 11.9 Å². The van der Waals surface area contributed by atoms with E-state index in [9.17, 15) is 22.4 Å². The van der Waals surface area contributed by atoms with Crippen molar-refractivity contribution in [3.63, 3.8) is 0 Å². The zero-order valence-corrected chi connectivity index (χ0v) is 25.2. The summed E-state index contributed by atoms with van der Waals surface area (Å²) in [7, 11) is -3.76. The van der Waals surface area contributed by atoms with Crippen LogP contribution in [0, 0.1) is 5.82 Å². The van der Waals surface area contributed by atoms with Crippen molar-refractivity contribution < 1.29 is 22.4 Å². The standard InChI is InChI=1S/C34H36FN3O4S/c1-3-24(2)36-34(40)30(22-25-12-5-4-6-13-25)37(23-27-14-7-8-17-28(27)35)32(39)20-11-21-38-29-18-9-15-26-16-10-19-31(33(26)29)43(38,41)42/h4-10,12-19,24,30H,3,11,20-23H2,1-2H3,(H,36,40)/t24-,30-/m0/s1. The first-order valence-electron chi connectivity index (χ1n) is 14.6. The zero-order chi connectivity index (χ0) is 30.6. The van der Waals surface area contributed by atoms with E-state index in [2.05, 4.69) is 5.32 Å². The van der Waals surface area contributed by atoms with E-state index in [0.717, 1.165) is 10.9 Å². The Hall–Kier alpha value is -4.24. The lowest BCUT2D eigenvalue weighted by atomic mass is 10.0. The minimum atomic E-state index is -3.76. The second kappa shape index (κ2) is 13.0. The van der Waals surface area contributed by atoms with Crippen molar-refractivity contribution in [1.29, 1.82) is 0 Å². The van der Waals surface area contributed by atoms with Gasteiger partial charge in [0.25, 0.3) is 10.0 Å². The van der Waals surface area contributed by atoms with Crippen molar-refractivity contribution in [2.24, 2.45) is 0 Å². The number of anilines is 1. The van der Waals surface area contributed by atoms with Crippen LogP contribution in [-0.2, 0) is 32.6 Å². The second-order valence-electron chi connectivity index (χ2n) is 10.9. The van der Waals surface area contributed by atoms with Gasteiger partial charge >= 0.3 is 0 Å². The maximum absolute atomic E-state index is 14.8. The van der Waals surface area contributed by atoms with E-state index >= 15 is 0 Å². The van der Waals surface area contributed by atoms with Gasteiger partial charge in [-0.25, -0.2) is 12.8 Å². The van der Waals surface area contributed by atoms with Gasteiger partial charge in [-0.1, -0.05) is 79.7 Å². The fourth-order valence-corrected chi connectivity index (χ4v) is 7.27. The van der Waals surface area contributed by atoms with Crippen LogP contribution < -0.4 is 9.62 Å². The summed E-state index contributed by atoms with van der Waals surface area (Å²) in [6.07, 6.45) is 1.17. The average molecular weight is 602 g/mol. The van der Waals surface area contributed by atoms with Crippen molar-refractivity contribution in [2.45, 2.75) is 63.1 Å². The Morgan fingerprint density at radius 1 is 0.930 bits per heavy atom. The first kappa shape index (κ1) is 30.2. The largest absolute Gasteiger partial charge is 0.352 e. The molecule has 0 radical (unpaired) electrons. The maximum Gasteiger partial charge on any atom is 0.265 e. The maximum atomic E-state index is 14.8. The summed E-state index contributed by atoms with van der Waals surface area (Å²) < 4.78 is 43.0. The summed E-state index contributed by atoms with van der Waals surface area (Å²) in [5.74, 6) is -1.13. The number of sulfonamides is 1. The molecule has 1 aliphatic rings. The molecule has 224 valence electrons. The molecular weight excluding hydrogens is 565 g/mol. The number of rotatable bonds is 12. The lowest BCUT2D eigenvalue weighted by Crippen LogP contribution is -2.52. The average Bonchev–Trinajstić information content (AvgIpc) is 3.23. The number of halogens is 1. The van der Waals surface area contributed by atoms with E-state index in [1.54, 1.807) is 36.4 Å². The van der Waals surface area contributed by atoms with Crippen molar-refractivity contribution in [1.82, 2.24) is 10.2 Å². The number of carbonyl (C=O) groups excluding carboxylic acids is 2. The fourth-order valence-electron chi connectivity index (χ4n) is 5.52. The van der Waals surface area contributed by atoms with Crippen LogP contribution >= 0.6 is 0 Å². The summed E-state index contributed by atoms with van der Waals surface area (Å²) in [5.41, 5.74) is 1.76. The molecule has 0 aromatic heterocycles. The first-order valence-corrected chi connectivity index (χ1v) is 16.1. The molecule has 1 aliphatic heterocycles. The number of nitrogens with zero attached hydrogens (tertiary/aromatic N) is 2. The van der Waals surface area contributed by atoms with Crippen LogP contribution in [0.15, 0.2) is 95.9 Å². The third kappa shape index (κ3) is 6.41. The number of amides is 2. The lowest BCUT2D eigenvalue weighted by molar-refractivity contribution is -0.141. The molecule has 2 amide bonds. The van der Waals surface area contributed by atoms with Crippen molar-refractivity contribution in [3.05, 3.63) is 108 Å². The molecule has 2 atom stereocenters.